The van der Waals surface area contributed by atoms with E-state index in [2.05, 4.69) is 10.4 Å². The molecule has 8 heteroatoms. The van der Waals surface area contributed by atoms with Crippen molar-refractivity contribution in [1.29, 1.82) is 5.26 Å². The number of hydrogen-bond donors (Lipinski definition) is 1. The van der Waals surface area contributed by atoms with Crippen LogP contribution in [0.2, 0.25) is 5.15 Å². The van der Waals surface area contributed by atoms with E-state index < -0.39 is 18.0 Å². The summed E-state index contributed by atoms with van der Waals surface area (Å²) in [4.78, 5) is 24.0. The lowest BCUT2D eigenvalue weighted by atomic mass is 10.2. The number of rotatable bonds is 5. The molecule has 1 unspecified atom stereocenters. The molecule has 2 rings (SSSR count). The molecular weight excluding hydrogens is 356 g/mol. The van der Waals surface area contributed by atoms with Crippen LogP contribution in [0.1, 0.15) is 23.7 Å². The second-order valence-corrected chi connectivity index (χ2v) is 5.87. The fourth-order valence-corrected chi connectivity index (χ4v) is 2.40. The maximum absolute atomic E-state index is 12.1. The van der Waals surface area contributed by atoms with Gasteiger partial charge in [-0.2, -0.15) is 10.4 Å². The molecule has 0 radical (unpaired) electrons. The average Bonchev–Trinajstić information content (AvgIpc) is 2.85. The smallest absolute Gasteiger partial charge is 0.331 e. The number of nitriles is 1. The number of halogens is 1. The van der Waals surface area contributed by atoms with Crippen LogP contribution in [0.25, 0.3) is 6.08 Å². The Kier molecular flexibility index (Phi) is 6.15. The molecule has 0 saturated carbocycles. The van der Waals surface area contributed by atoms with E-state index in [0.717, 1.165) is 0 Å². The van der Waals surface area contributed by atoms with E-state index in [4.69, 9.17) is 21.6 Å². The molecule has 0 aliphatic carbocycles. The Labute approximate surface area is 155 Å². The van der Waals surface area contributed by atoms with Gasteiger partial charge in [0, 0.05) is 24.4 Å². The first kappa shape index (κ1) is 19.2. The molecule has 26 heavy (non-hydrogen) atoms. The number of ether oxygens (including phenoxy) is 1. The zero-order valence-corrected chi connectivity index (χ0v) is 15.2. The fraction of sp³-hybridized carbons (Fsp3) is 0.222. The lowest BCUT2D eigenvalue weighted by molar-refractivity contribution is -0.148. The number of aromatic nitrogens is 2. The number of carbonyl (C=O) groups is 2. The van der Waals surface area contributed by atoms with Crippen molar-refractivity contribution in [2.24, 2.45) is 7.05 Å². The number of esters is 1. The maximum Gasteiger partial charge on any atom is 0.331 e. The molecule has 2 aromatic rings. The summed E-state index contributed by atoms with van der Waals surface area (Å²) in [6.45, 7) is 3.22. The molecule has 0 saturated heterocycles. The Morgan fingerprint density at radius 3 is 2.81 bits per heavy atom. The third kappa shape index (κ3) is 4.71. The van der Waals surface area contributed by atoms with Gasteiger partial charge in [-0.15, -0.1) is 0 Å². The monoisotopic (exact) mass is 372 g/mol. The Morgan fingerprint density at radius 1 is 1.46 bits per heavy atom. The van der Waals surface area contributed by atoms with Crippen LogP contribution in [0, 0.1) is 18.3 Å². The van der Waals surface area contributed by atoms with Crippen molar-refractivity contribution in [1.82, 2.24) is 9.78 Å². The van der Waals surface area contributed by atoms with Crippen molar-refractivity contribution in [3.05, 3.63) is 52.3 Å². The summed E-state index contributed by atoms with van der Waals surface area (Å²) in [5.74, 6) is -1.19. The normalized spacial score (nSPS) is 11.8. The van der Waals surface area contributed by atoms with Gasteiger partial charge in [0.15, 0.2) is 6.10 Å². The topological polar surface area (TPSA) is 97.0 Å². The van der Waals surface area contributed by atoms with Crippen LogP contribution in [0.15, 0.2) is 30.3 Å². The van der Waals surface area contributed by atoms with Crippen LogP contribution in [-0.4, -0.2) is 27.8 Å². The average molecular weight is 373 g/mol. The van der Waals surface area contributed by atoms with E-state index in [1.165, 1.54) is 29.8 Å². The number of anilines is 1. The first-order valence-corrected chi connectivity index (χ1v) is 8.08. The molecule has 1 aromatic heterocycles. The lowest BCUT2D eigenvalue weighted by Crippen LogP contribution is -2.29. The standard InChI is InChI=1S/C18H17ClN4O3/c1-11-15(17(19)23(3)22-11)7-8-16(24)26-12(2)18(25)21-14-6-4-5-13(9-14)10-20/h4-9,12H,1-3H3,(H,21,25)/b8-7+. The summed E-state index contributed by atoms with van der Waals surface area (Å²) in [6, 6.07) is 8.42. The maximum atomic E-state index is 12.1. The van der Waals surface area contributed by atoms with Gasteiger partial charge in [-0.3, -0.25) is 9.48 Å². The van der Waals surface area contributed by atoms with Crippen molar-refractivity contribution in [3.8, 4) is 6.07 Å². The summed E-state index contributed by atoms with van der Waals surface area (Å²) in [6.07, 6.45) is 1.67. The van der Waals surface area contributed by atoms with Gasteiger partial charge in [-0.05, 0) is 38.1 Å². The molecule has 134 valence electrons. The van der Waals surface area contributed by atoms with Crippen molar-refractivity contribution < 1.29 is 14.3 Å². The third-order valence-electron chi connectivity index (χ3n) is 3.50. The van der Waals surface area contributed by atoms with E-state index in [0.29, 0.717) is 27.7 Å². The number of carbonyl (C=O) groups excluding carboxylic acids is 2. The number of amides is 1. The lowest BCUT2D eigenvalue weighted by Gasteiger charge is -2.12. The predicted octanol–water partition coefficient (Wildman–Crippen LogP) is 2.84. The van der Waals surface area contributed by atoms with Gasteiger partial charge in [0.2, 0.25) is 0 Å². The summed E-state index contributed by atoms with van der Waals surface area (Å²) in [5, 5.41) is 16.0. The number of benzene rings is 1. The Hall–Kier alpha value is -3.11. The zero-order valence-electron chi connectivity index (χ0n) is 14.5. The molecule has 0 aliphatic rings. The second kappa shape index (κ2) is 8.32. The number of aryl methyl sites for hydroxylation is 2. The van der Waals surface area contributed by atoms with E-state index in [9.17, 15) is 9.59 Å². The van der Waals surface area contributed by atoms with Crippen LogP contribution in [0.3, 0.4) is 0 Å². The van der Waals surface area contributed by atoms with Crippen LogP contribution in [0.5, 0.6) is 0 Å². The number of nitrogens with zero attached hydrogens (tertiary/aromatic N) is 3. The van der Waals surface area contributed by atoms with Gasteiger partial charge in [0.1, 0.15) is 5.15 Å². The molecule has 0 spiro atoms. The zero-order chi connectivity index (χ0) is 19.3. The molecule has 0 fully saturated rings. The van der Waals surface area contributed by atoms with Gasteiger partial charge < -0.3 is 10.1 Å². The van der Waals surface area contributed by atoms with Crippen molar-refractivity contribution in [2.45, 2.75) is 20.0 Å². The third-order valence-corrected chi connectivity index (χ3v) is 3.95. The Bertz CT molecular complexity index is 912. The van der Waals surface area contributed by atoms with E-state index in [1.807, 2.05) is 6.07 Å². The van der Waals surface area contributed by atoms with Crippen LogP contribution in [-0.2, 0) is 21.4 Å². The minimum absolute atomic E-state index is 0.398. The van der Waals surface area contributed by atoms with Crippen LogP contribution >= 0.6 is 11.6 Å². The highest BCUT2D eigenvalue weighted by molar-refractivity contribution is 6.31. The minimum atomic E-state index is -1.01. The Morgan fingerprint density at radius 2 is 2.19 bits per heavy atom. The largest absolute Gasteiger partial charge is 0.449 e. The first-order valence-electron chi connectivity index (χ1n) is 7.70. The van der Waals surface area contributed by atoms with Crippen LogP contribution in [0.4, 0.5) is 5.69 Å². The molecule has 1 aromatic carbocycles. The summed E-state index contributed by atoms with van der Waals surface area (Å²) in [5.41, 5.74) is 2.14. The fourth-order valence-electron chi connectivity index (χ4n) is 2.16. The van der Waals surface area contributed by atoms with Gasteiger partial charge >= 0.3 is 5.97 Å². The van der Waals surface area contributed by atoms with Crippen molar-refractivity contribution >= 4 is 35.2 Å². The highest BCUT2D eigenvalue weighted by Crippen LogP contribution is 2.20. The second-order valence-electron chi connectivity index (χ2n) is 5.51. The Balaban J connectivity index is 1.96. The van der Waals surface area contributed by atoms with Gasteiger partial charge in [-0.1, -0.05) is 17.7 Å². The molecular formula is C18H17ClN4O3. The molecule has 1 heterocycles. The molecule has 1 amide bonds. The van der Waals surface area contributed by atoms with Gasteiger partial charge in [0.25, 0.3) is 5.91 Å². The molecule has 0 aliphatic heterocycles. The van der Waals surface area contributed by atoms with Crippen molar-refractivity contribution in [2.75, 3.05) is 5.32 Å². The molecule has 1 N–H and O–H groups in total. The summed E-state index contributed by atoms with van der Waals surface area (Å²) >= 11 is 6.08. The summed E-state index contributed by atoms with van der Waals surface area (Å²) in [7, 11) is 1.69. The van der Waals surface area contributed by atoms with E-state index in [1.54, 1.807) is 32.2 Å². The quantitative estimate of drug-likeness (QED) is 0.643. The van der Waals surface area contributed by atoms with Gasteiger partial charge in [0.05, 0.1) is 17.3 Å². The SMILES string of the molecule is Cc1nn(C)c(Cl)c1/C=C/C(=O)OC(C)C(=O)Nc1cccc(C#N)c1. The number of nitrogens with one attached hydrogen (secondary N) is 1. The predicted molar refractivity (Wildman–Crippen MR) is 97.3 cm³/mol. The first-order chi connectivity index (χ1) is 12.3. The van der Waals surface area contributed by atoms with Crippen LogP contribution < -0.4 is 5.32 Å². The highest BCUT2D eigenvalue weighted by atomic mass is 35.5. The molecule has 1 atom stereocenters. The van der Waals surface area contributed by atoms with E-state index in [-0.39, 0.29) is 0 Å². The van der Waals surface area contributed by atoms with E-state index >= 15 is 0 Å². The van der Waals surface area contributed by atoms with Crippen molar-refractivity contribution in [3.63, 3.8) is 0 Å². The van der Waals surface area contributed by atoms with Gasteiger partial charge in [-0.25, -0.2) is 4.79 Å². The highest BCUT2D eigenvalue weighted by Gasteiger charge is 2.17. The minimum Gasteiger partial charge on any atom is -0.449 e. The molecule has 7 nitrogen and oxygen atoms in total. The number of hydrogen-bond acceptors (Lipinski definition) is 5. The molecule has 0 bridgehead atoms. The summed E-state index contributed by atoms with van der Waals surface area (Å²) < 4.78 is 6.57.